The van der Waals surface area contributed by atoms with Crippen molar-refractivity contribution in [1.29, 1.82) is 0 Å². The summed E-state index contributed by atoms with van der Waals surface area (Å²) in [5.41, 5.74) is 7.56. The number of pyridine rings is 1. The molecule has 4 rings (SSSR count). The Bertz CT molecular complexity index is 942. The van der Waals surface area contributed by atoms with Gasteiger partial charge in [-0.1, -0.05) is 18.6 Å². The van der Waals surface area contributed by atoms with E-state index in [1.807, 2.05) is 18.2 Å². The number of fused-ring (bicyclic) bond motifs is 3. The second-order valence-corrected chi connectivity index (χ2v) is 7.62. The predicted octanol–water partition coefficient (Wildman–Crippen LogP) is 2.93. The molecule has 7 heteroatoms. The molecule has 136 valence electrons. The summed E-state index contributed by atoms with van der Waals surface area (Å²) < 4.78 is 1.24. The van der Waals surface area contributed by atoms with Crippen LogP contribution in [0.4, 0.5) is 5.82 Å². The summed E-state index contributed by atoms with van der Waals surface area (Å²) in [6.07, 6.45) is 4.00. The number of aromatic nitrogens is 1. The first-order chi connectivity index (χ1) is 12.8. The number of nitrogens with two attached hydrogens (primary N) is 2. The van der Waals surface area contributed by atoms with Crippen molar-refractivity contribution >= 4 is 44.0 Å². The highest BCUT2D eigenvalue weighted by Gasteiger charge is 2.13. The minimum atomic E-state index is 0.319. The summed E-state index contributed by atoms with van der Waals surface area (Å²) in [6.45, 7) is 4.37. The minimum absolute atomic E-state index is 0.319. The van der Waals surface area contributed by atoms with E-state index in [1.54, 1.807) is 11.3 Å². The Morgan fingerprint density at radius 1 is 1.19 bits per heavy atom. The second kappa shape index (κ2) is 7.47. The number of piperidine rings is 1. The highest BCUT2D eigenvalue weighted by atomic mass is 32.1. The third kappa shape index (κ3) is 3.32. The van der Waals surface area contributed by atoms with Crippen molar-refractivity contribution in [2.24, 2.45) is 16.7 Å². The van der Waals surface area contributed by atoms with Crippen LogP contribution in [0.5, 0.6) is 0 Å². The van der Waals surface area contributed by atoms with Gasteiger partial charge in [0.05, 0.1) is 5.52 Å². The molecular weight excluding hydrogens is 344 g/mol. The summed E-state index contributed by atoms with van der Waals surface area (Å²) in [7, 11) is 0. The summed E-state index contributed by atoms with van der Waals surface area (Å²) in [4.78, 5) is 7.39. The molecule has 0 bridgehead atoms. The third-order valence-electron chi connectivity index (χ3n) is 5.00. The maximum atomic E-state index is 5.86. The van der Waals surface area contributed by atoms with E-state index < -0.39 is 0 Å². The number of nitrogens with zero attached hydrogens (tertiary/aromatic N) is 3. The topological polar surface area (TPSA) is 92.6 Å². The van der Waals surface area contributed by atoms with Crippen LogP contribution >= 0.6 is 11.3 Å². The lowest BCUT2D eigenvalue weighted by molar-refractivity contribution is 0.237. The van der Waals surface area contributed by atoms with Crippen LogP contribution in [0.1, 0.15) is 24.8 Å². The maximum absolute atomic E-state index is 5.86. The van der Waals surface area contributed by atoms with Gasteiger partial charge in [0.25, 0.3) is 0 Å². The van der Waals surface area contributed by atoms with E-state index in [-0.39, 0.29) is 0 Å². The second-order valence-electron chi connectivity index (χ2n) is 6.70. The number of rotatable bonds is 5. The fraction of sp³-hybridized carbons (Fsp3) is 0.368. The van der Waals surface area contributed by atoms with E-state index in [0.29, 0.717) is 5.84 Å². The number of anilines is 1. The van der Waals surface area contributed by atoms with Crippen LogP contribution in [-0.4, -0.2) is 41.9 Å². The minimum Gasteiger partial charge on any atom is -0.382 e. The predicted molar refractivity (Wildman–Crippen MR) is 111 cm³/mol. The van der Waals surface area contributed by atoms with Crippen LogP contribution < -0.4 is 16.9 Å². The van der Waals surface area contributed by atoms with Crippen LogP contribution in [0, 0.1) is 0 Å². The lowest BCUT2D eigenvalue weighted by Crippen LogP contribution is -2.33. The van der Waals surface area contributed by atoms with Crippen molar-refractivity contribution in [2.75, 3.05) is 31.5 Å². The molecule has 2 aromatic heterocycles. The number of likely N-dealkylation sites (tertiary alicyclic amines) is 1. The zero-order chi connectivity index (χ0) is 17.9. The van der Waals surface area contributed by atoms with Crippen LogP contribution in [0.15, 0.2) is 34.7 Å². The largest absolute Gasteiger partial charge is 0.382 e. The van der Waals surface area contributed by atoms with Crippen molar-refractivity contribution < 1.29 is 0 Å². The molecule has 1 aliphatic heterocycles. The summed E-state index contributed by atoms with van der Waals surface area (Å²) >= 11 is 1.74. The summed E-state index contributed by atoms with van der Waals surface area (Å²) in [5.74, 6) is 6.57. The fourth-order valence-electron chi connectivity index (χ4n) is 3.59. The van der Waals surface area contributed by atoms with Gasteiger partial charge in [0, 0.05) is 34.1 Å². The van der Waals surface area contributed by atoms with Gasteiger partial charge in [-0.3, -0.25) is 0 Å². The first kappa shape index (κ1) is 17.1. The SMILES string of the molecule is N/N=C(\N)c1ccc2c(c1)nc(NCCN1CCCCC1)c1ccsc12. The molecule has 0 saturated carbocycles. The molecule has 1 aliphatic rings. The number of hydrogen-bond donors (Lipinski definition) is 3. The van der Waals surface area contributed by atoms with Gasteiger partial charge < -0.3 is 21.8 Å². The smallest absolute Gasteiger partial charge is 0.150 e. The van der Waals surface area contributed by atoms with Crippen molar-refractivity contribution in [3.05, 3.63) is 35.2 Å². The standard InChI is InChI=1S/C19H24N6S/c20-18(24-21)13-4-5-14-16(12-13)23-19(15-6-11-26-17(14)15)22-7-10-25-8-2-1-3-9-25/h4-6,11-12H,1-3,7-10,21H2,(H2,20,24)(H,22,23). The lowest BCUT2D eigenvalue weighted by atomic mass is 10.1. The zero-order valence-corrected chi connectivity index (χ0v) is 15.6. The van der Waals surface area contributed by atoms with E-state index in [9.17, 15) is 0 Å². The normalized spacial score (nSPS) is 16.4. The monoisotopic (exact) mass is 368 g/mol. The Morgan fingerprint density at radius 3 is 2.85 bits per heavy atom. The molecule has 1 fully saturated rings. The average Bonchev–Trinajstić information content (AvgIpc) is 3.18. The van der Waals surface area contributed by atoms with E-state index in [2.05, 4.69) is 26.8 Å². The van der Waals surface area contributed by atoms with E-state index in [1.165, 1.54) is 42.4 Å². The van der Waals surface area contributed by atoms with Gasteiger partial charge in [0.1, 0.15) is 11.7 Å². The zero-order valence-electron chi connectivity index (χ0n) is 14.7. The number of amidine groups is 1. The van der Waals surface area contributed by atoms with Gasteiger partial charge in [-0.25, -0.2) is 4.98 Å². The lowest BCUT2D eigenvalue weighted by Gasteiger charge is -2.26. The Hall–Kier alpha value is -2.38. The van der Waals surface area contributed by atoms with Gasteiger partial charge in [0.15, 0.2) is 0 Å². The summed E-state index contributed by atoms with van der Waals surface area (Å²) in [5, 5.41) is 11.6. The molecule has 26 heavy (non-hydrogen) atoms. The Balaban J connectivity index is 1.62. The molecule has 6 nitrogen and oxygen atoms in total. The van der Waals surface area contributed by atoms with E-state index in [4.69, 9.17) is 16.6 Å². The highest BCUT2D eigenvalue weighted by Crippen LogP contribution is 2.33. The number of hydrazone groups is 1. The molecule has 5 N–H and O–H groups in total. The molecule has 3 aromatic rings. The van der Waals surface area contributed by atoms with Crippen LogP contribution in [0.2, 0.25) is 0 Å². The number of hydrogen-bond acceptors (Lipinski definition) is 6. The Morgan fingerprint density at radius 2 is 2.04 bits per heavy atom. The average molecular weight is 369 g/mol. The number of benzene rings is 1. The van der Waals surface area contributed by atoms with E-state index in [0.717, 1.165) is 35.4 Å². The van der Waals surface area contributed by atoms with Crippen molar-refractivity contribution in [2.45, 2.75) is 19.3 Å². The molecule has 1 aromatic carbocycles. The van der Waals surface area contributed by atoms with Gasteiger partial charge in [-0.15, -0.1) is 11.3 Å². The molecule has 3 heterocycles. The van der Waals surface area contributed by atoms with Crippen LogP contribution in [0.3, 0.4) is 0 Å². The first-order valence-electron chi connectivity index (χ1n) is 9.07. The van der Waals surface area contributed by atoms with Gasteiger partial charge in [-0.2, -0.15) is 5.10 Å². The van der Waals surface area contributed by atoms with Crippen LogP contribution in [-0.2, 0) is 0 Å². The number of thiophene rings is 1. The van der Waals surface area contributed by atoms with E-state index >= 15 is 0 Å². The summed E-state index contributed by atoms with van der Waals surface area (Å²) in [6, 6.07) is 8.08. The molecule has 1 saturated heterocycles. The van der Waals surface area contributed by atoms with Gasteiger partial charge in [0.2, 0.25) is 0 Å². The Kier molecular flexibility index (Phi) is 4.90. The molecule has 0 spiro atoms. The van der Waals surface area contributed by atoms with Crippen LogP contribution in [0.25, 0.3) is 21.0 Å². The Labute approximate surface area is 156 Å². The molecular formula is C19H24N6S. The molecule has 0 aliphatic carbocycles. The fourth-order valence-corrected chi connectivity index (χ4v) is 4.52. The molecule has 0 atom stereocenters. The van der Waals surface area contributed by atoms with Gasteiger partial charge >= 0.3 is 0 Å². The van der Waals surface area contributed by atoms with Crippen molar-refractivity contribution in [3.8, 4) is 0 Å². The highest BCUT2D eigenvalue weighted by molar-refractivity contribution is 7.18. The molecule has 0 amide bonds. The maximum Gasteiger partial charge on any atom is 0.150 e. The number of nitrogens with one attached hydrogen (secondary N) is 1. The van der Waals surface area contributed by atoms with Gasteiger partial charge in [-0.05, 0) is 43.4 Å². The third-order valence-corrected chi connectivity index (χ3v) is 5.95. The molecule has 0 unspecified atom stereocenters. The molecule has 0 radical (unpaired) electrons. The first-order valence-corrected chi connectivity index (χ1v) is 9.95. The van der Waals surface area contributed by atoms with Crippen molar-refractivity contribution in [1.82, 2.24) is 9.88 Å². The van der Waals surface area contributed by atoms with Crippen molar-refractivity contribution in [3.63, 3.8) is 0 Å². The quantitative estimate of drug-likeness (QED) is 0.279.